The molecule has 0 aromatic heterocycles. The summed E-state index contributed by atoms with van der Waals surface area (Å²) in [6.45, 7) is 5.47. The molecule has 0 radical (unpaired) electrons. The average molecular weight is 268 g/mol. The Morgan fingerprint density at radius 3 is 2.37 bits per heavy atom. The van der Waals surface area contributed by atoms with Crippen molar-refractivity contribution >= 4 is 0 Å². The van der Waals surface area contributed by atoms with Gasteiger partial charge in [0.15, 0.2) is 6.29 Å². The van der Waals surface area contributed by atoms with Crippen LogP contribution in [0.1, 0.15) is 78.1 Å². The van der Waals surface area contributed by atoms with Gasteiger partial charge in [-0.1, -0.05) is 39.5 Å². The molecule has 1 saturated carbocycles. The van der Waals surface area contributed by atoms with Crippen LogP contribution in [-0.4, -0.2) is 19.0 Å². The van der Waals surface area contributed by atoms with Gasteiger partial charge in [-0.3, -0.25) is 0 Å². The van der Waals surface area contributed by atoms with Gasteiger partial charge in [-0.15, -0.1) is 0 Å². The van der Waals surface area contributed by atoms with Crippen molar-refractivity contribution in [3.8, 4) is 0 Å². The van der Waals surface area contributed by atoms with Crippen LogP contribution in [0.15, 0.2) is 0 Å². The Labute approximate surface area is 119 Å². The molecule has 0 amide bonds. The molecule has 1 aliphatic heterocycles. The van der Waals surface area contributed by atoms with E-state index in [2.05, 4.69) is 13.8 Å². The third kappa shape index (κ3) is 4.75. The fourth-order valence-electron chi connectivity index (χ4n) is 3.66. The molecule has 0 aromatic rings. The van der Waals surface area contributed by atoms with E-state index in [0.29, 0.717) is 12.0 Å². The molecule has 2 heteroatoms. The van der Waals surface area contributed by atoms with Gasteiger partial charge >= 0.3 is 0 Å². The summed E-state index contributed by atoms with van der Waals surface area (Å²) < 4.78 is 12.1. The van der Waals surface area contributed by atoms with Crippen LogP contribution in [0.25, 0.3) is 0 Å². The Hall–Kier alpha value is -0.0800. The molecule has 0 N–H and O–H groups in total. The molecule has 2 atom stereocenters. The van der Waals surface area contributed by atoms with Crippen LogP contribution >= 0.6 is 0 Å². The summed E-state index contributed by atoms with van der Waals surface area (Å²) in [4.78, 5) is 0. The zero-order valence-electron chi connectivity index (χ0n) is 12.9. The number of rotatable bonds is 6. The predicted molar refractivity (Wildman–Crippen MR) is 79.1 cm³/mol. The van der Waals surface area contributed by atoms with Crippen LogP contribution in [0.3, 0.4) is 0 Å². The quantitative estimate of drug-likeness (QED) is 0.681. The lowest BCUT2D eigenvalue weighted by molar-refractivity contribution is -0.241. The van der Waals surface area contributed by atoms with E-state index in [4.69, 9.17) is 9.47 Å². The minimum atomic E-state index is 0.109. The van der Waals surface area contributed by atoms with Gasteiger partial charge in [-0.2, -0.15) is 0 Å². The smallest absolute Gasteiger partial charge is 0.160 e. The lowest BCUT2D eigenvalue weighted by Gasteiger charge is -2.38. The second-order valence-electron chi connectivity index (χ2n) is 6.50. The first kappa shape index (κ1) is 15.3. The van der Waals surface area contributed by atoms with Gasteiger partial charge < -0.3 is 9.47 Å². The van der Waals surface area contributed by atoms with Gasteiger partial charge in [0.1, 0.15) is 0 Å². The van der Waals surface area contributed by atoms with E-state index in [1.165, 1.54) is 57.8 Å². The zero-order valence-corrected chi connectivity index (χ0v) is 12.9. The third-order valence-corrected chi connectivity index (χ3v) is 4.90. The molecule has 0 spiro atoms. The molecule has 2 rings (SSSR count). The summed E-state index contributed by atoms with van der Waals surface area (Å²) in [5, 5.41) is 0. The predicted octanol–water partition coefficient (Wildman–Crippen LogP) is 4.91. The van der Waals surface area contributed by atoms with Crippen LogP contribution in [0.5, 0.6) is 0 Å². The standard InChI is InChI=1S/C17H32O2/c1-3-5-7-16-12-13-18-17(19-16)15-10-8-14(6-4-2)9-11-15/h14-17H,3-13H2,1-2H3/t14?,15?,16-,17-/m0/s1. The van der Waals surface area contributed by atoms with Gasteiger partial charge in [-0.05, 0) is 44.4 Å². The largest absolute Gasteiger partial charge is 0.352 e. The summed E-state index contributed by atoms with van der Waals surface area (Å²) in [5.41, 5.74) is 0. The number of hydrogen-bond acceptors (Lipinski definition) is 2. The molecule has 2 fully saturated rings. The van der Waals surface area contributed by atoms with Gasteiger partial charge in [0.2, 0.25) is 0 Å². The fraction of sp³-hybridized carbons (Fsp3) is 1.00. The first-order valence-electron chi connectivity index (χ1n) is 8.60. The molecule has 19 heavy (non-hydrogen) atoms. The monoisotopic (exact) mass is 268 g/mol. The number of unbranched alkanes of at least 4 members (excludes halogenated alkanes) is 1. The van der Waals surface area contributed by atoms with E-state index >= 15 is 0 Å². The molecule has 0 aromatic carbocycles. The van der Waals surface area contributed by atoms with Crippen LogP contribution in [-0.2, 0) is 9.47 Å². The lowest BCUT2D eigenvalue weighted by Crippen LogP contribution is -2.38. The maximum absolute atomic E-state index is 6.20. The molecule has 1 heterocycles. The van der Waals surface area contributed by atoms with E-state index in [0.717, 1.165) is 18.9 Å². The van der Waals surface area contributed by atoms with Crippen molar-refractivity contribution < 1.29 is 9.47 Å². The second kappa shape index (κ2) is 8.26. The normalized spacial score (nSPS) is 36.3. The van der Waals surface area contributed by atoms with Crippen LogP contribution in [0, 0.1) is 11.8 Å². The van der Waals surface area contributed by atoms with Crippen molar-refractivity contribution in [1.29, 1.82) is 0 Å². The van der Waals surface area contributed by atoms with E-state index in [9.17, 15) is 0 Å². The second-order valence-corrected chi connectivity index (χ2v) is 6.50. The molecular weight excluding hydrogens is 236 g/mol. The minimum Gasteiger partial charge on any atom is -0.352 e. The highest BCUT2D eigenvalue weighted by Crippen LogP contribution is 2.36. The van der Waals surface area contributed by atoms with Crippen molar-refractivity contribution in [1.82, 2.24) is 0 Å². The highest BCUT2D eigenvalue weighted by molar-refractivity contribution is 4.77. The van der Waals surface area contributed by atoms with E-state index in [-0.39, 0.29) is 6.29 Å². The van der Waals surface area contributed by atoms with Crippen molar-refractivity contribution in [2.45, 2.75) is 90.4 Å². The molecule has 112 valence electrons. The van der Waals surface area contributed by atoms with Crippen molar-refractivity contribution in [2.24, 2.45) is 11.8 Å². The van der Waals surface area contributed by atoms with Crippen LogP contribution < -0.4 is 0 Å². The Kier molecular flexibility index (Phi) is 6.66. The summed E-state index contributed by atoms with van der Waals surface area (Å²) in [6, 6.07) is 0. The third-order valence-electron chi connectivity index (χ3n) is 4.90. The average Bonchev–Trinajstić information content (AvgIpc) is 2.46. The van der Waals surface area contributed by atoms with E-state index in [1.54, 1.807) is 0 Å². The maximum atomic E-state index is 6.20. The van der Waals surface area contributed by atoms with Crippen LogP contribution in [0.2, 0.25) is 0 Å². The summed E-state index contributed by atoms with van der Waals surface area (Å²) in [5.74, 6) is 1.64. The van der Waals surface area contributed by atoms with Gasteiger partial charge in [-0.25, -0.2) is 0 Å². The zero-order chi connectivity index (χ0) is 13.5. The first-order chi connectivity index (χ1) is 9.33. The minimum absolute atomic E-state index is 0.109. The summed E-state index contributed by atoms with van der Waals surface area (Å²) in [6.07, 6.45) is 13.6. The fourth-order valence-corrected chi connectivity index (χ4v) is 3.66. The van der Waals surface area contributed by atoms with Gasteiger partial charge in [0.25, 0.3) is 0 Å². The van der Waals surface area contributed by atoms with E-state index in [1.807, 2.05) is 0 Å². The Bertz CT molecular complexity index is 233. The van der Waals surface area contributed by atoms with E-state index < -0.39 is 0 Å². The molecule has 1 aliphatic carbocycles. The Balaban J connectivity index is 1.72. The molecule has 2 aliphatic rings. The van der Waals surface area contributed by atoms with Gasteiger partial charge in [0.05, 0.1) is 12.7 Å². The van der Waals surface area contributed by atoms with Crippen LogP contribution in [0.4, 0.5) is 0 Å². The Morgan fingerprint density at radius 1 is 0.895 bits per heavy atom. The highest BCUT2D eigenvalue weighted by Gasteiger charge is 2.32. The van der Waals surface area contributed by atoms with Crippen molar-refractivity contribution in [2.75, 3.05) is 6.61 Å². The number of ether oxygens (including phenoxy) is 2. The van der Waals surface area contributed by atoms with Crippen molar-refractivity contribution in [3.05, 3.63) is 0 Å². The molecule has 2 nitrogen and oxygen atoms in total. The molecule has 0 unspecified atom stereocenters. The Morgan fingerprint density at radius 2 is 1.68 bits per heavy atom. The summed E-state index contributed by atoms with van der Waals surface area (Å²) >= 11 is 0. The number of hydrogen-bond donors (Lipinski definition) is 0. The first-order valence-corrected chi connectivity index (χ1v) is 8.60. The topological polar surface area (TPSA) is 18.5 Å². The molecule has 0 bridgehead atoms. The SMILES string of the molecule is CCCC[C@H]1CCO[C@H](C2CCC(CCC)CC2)O1. The molecular formula is C17H32O2. The lowest BCUT2D eigenvalue weighted by atomic mass is 9.79. The molecule has 1 saturated heterocycles. The maximum Gasteiger partial charge on any atom is 0.160 e. The van der Waals surface area contributed by atoms with Gasteiger partial charge in [0, 0.05) is 5.92 Å². The van der Waals surface area contributed by atoms with Crippen molar-refractivity contribution in [3.63, 3.8) is 0 Å². The highest BCUT2D eigenvalue weighted by atomic mass is 16.7. The summed E-state index contributed by atoms with van der Waals surface area (Å²) in [7, 11) is 0.